The Balaban J connectivity index is 1.91. The number of hydrogen-bond acceptors (Lipinski definition) is 7. The summed E-state index contributed by atoms with van der Waals surface area (Å²) in [6.07, 6.45) is -0.720. The van der Waals surface area contributed by atoms with E-state index in [2.05, 4.69) is 11.4 Å². The third kappa shape index (κ3) is 4.10. The van der Waals surface area contributed by atoms with Crippen LogP contribution in [0.2, 0.25) is 0 Å². The summed E-state index contributed by atoms with van der Waals surface area (Å²) in [7, 11) is 1.24. The number of anilines is 1. The lowest BCUT2D eigenvalue weighted by atomic mass is 9.93. The molecule has 1 aliphatic heterocycles. The summed E-state index contributed by atoms with van der Waals surface area (Å²) < 4.78 is 10.2. The quantitative estimate of drug-likeness (QED) is 0.607. The van der Waals surface area contributed by atoms with Gasteiger partial charge < -0.3 is 24.8 Å². The molecule has 1 aliphatic rings. The maximum absolute atomic E-state index is 12.2. The summed E-state index contributed by atoms with van der Waals surface area (Å²) in [6.45, 7) is 2.10. The van der Waals surface area contributed by atoms with Crippen LogP contribution in [-0.2, 0) is 9.47 Å². The third-order valence-corrected chi connectivity index (χ3v) is 6.63. The van der Waals surface area contributed by atoms with E-state index in [1.54, 1.807) is 0 Å². The summed E-state index contributed by atoms with van der Waals surface area (Å²) >= 11 is 1.04. The number of carboxylic acid groups (broad SMARTS) is 1. The summed E-state index contributed by atoms with van der Waals surface area (Å²) in [5.74, 6) is -1.15. The van der Waals surface area contributed by atoms with Gasteiger partial charge >= 0.3 is 12.1 Å². The molecule has 1 aromatic heterocycles. The number of carbonyl (C=O) groups excluding carboxylic acids is 1. The van der Waals surface area contributed by atoms with Gasteiger partial charge in [0.1, 0.15) is 15.9 Å². The van der Waals surface area contributed by atoms with Gasteiger partial charge in [-0.25, -0.2) is 9.59 Å². The molecule has 1 atom stereocenters. The molecule has 0 aliphatic carbocycles. The Hall–Kier alpha value is -3.61. The van der Waals surface area contributed by atoms with Gasteiger partial charge in [-0.15, -0.1) is 11.3 Å². The van der Waals surface area contributed by atoms with Crippen molar-refractivity contribution in [2.24, 2.45) is 0 Å². The zero-order valence-corrected chi connectivity index (χ0v) is 18.1. The molecule has 2 heterocycles. The van der Waals surface area contributed by atoms with E-state index >= 15 is 0 Å². The van der Waals surface area contributed by atoms with Gasteiger partial charge in [0.05, 0.1) is 31.9 Å². The highest BCUT2D eigenvalue weighted by Crippen LogP contribution is 2.42. The van der Waals surface area contributed by atoms with Gasteiger partial charge in [0, 0.05) is 18.7 Å². The Morgan fingerprint density at radius 3 is 2.59 bits per heavy atom. The topological polar surface area (TPSA) is 112 Å². The molecular formula is C23H21N3O5S. The Morgan fingerprint density at radius 2 is 1.94 bits per heavy atom. The lowest BCUT2D eigenvalue weighted by Crippen LogP contribution is -2.36. The first-order valence-electron chi connectivity index (χ1n) is 9.99. The van der Waals surface area contributed by atoms with Crippen molar-refractivity contribution in [1.82, 2.24) is 5.32 Å². The van der Waals surface area contributed by atoms with Crippen LogP contribution in [0.15, 0.2) is 42.5 Å². The first-order chi connectivity index (χ1) is 15.5. The molecule has 1 unspecified atom stereocenters. The maximum Gasteiger partial charge on any atom is 0.407 e. The van der Waals surface area contributed by atoms with E-state index in [0.717, 1.165) is 22.1 Å². The Labute approximate surface area is 188 Å². The van der Waals surface area contributed by atoms with Crippen LogP contribution in [-0.4, -0.2) is 50.6 Å². The molecule has 32 heavy (non-hydrogen) atoms. The molecule has 0 radical (unpaired) electrons. The number of aromatic carboxylic acids is 1. The number of rotatable bonds is 5. The monoisotopic (exact) mass is 451 g/mol. The molecule has 3 aromatic rings. The smallest absolute Gasteiger partial charge is 0.407 e. The molecule has 164 valence electrons. The number of hydrogen-bond donors (Lipinski definition) is 2. The molecule has 0 bridgehead atoms. The number of carboxylic acids is 1. The summed E-state index contributed by atoms with van der Waals surface area (Å²) in [4.78, 5) is 26.4. The van der Waals surface area contributed by atoms with Crippen molar-refractivity contribution in [3.05, 3.63) is 64.0 Å². The molecular weight excluding hydrogens is 430 g/mol. The van der Waals surface area contributed by atoms with E-state index in [1.807, 2.05) is 47.4 Å². The minimum Gasteiger partial charge on any atom is -0.477 e. The molecule has 1 saturated heterocycles. The van der Waals surface area contributed by atoms with Crippen molar-refractivity contribution in [3.8, 4) is 6.07 Å². The second kappa shape index (κ2) is 9.26. The molecule has 0 saturated carbocycles. The third-order valence-electron chi connectivity index (χ3n) is 5.37. The maximum atomic E-state index is 12.2. The zero-order chi connectivity index (χ0) is 22.7. The minimum atomic E-state index is -1.15. The van der Waals surface area contributed by atoms with E-state index in [1.165, 1.54) is 7.11 Å². The number of thiophene rings is 1. The van der Waals surface area contributed by atoms with Crippen molar-refractivity contribution in [1.29, 1.82) is 5.26 Å². The number of nitrogens with zero attached hydrogens (tertiary/aromatic N) is 2. The number of benzene rings is 2. The second-order valence-corrected chi connectivity index (χ2v) is 8.22. The first kappa shape index (κ1) is 21.6. The predicted molar refractivity (Wildman–Crippen MR) is 120 cm³/mol. The molecule has 9 heteroatoms. The molecule has 0 spiro atoms. The van der Waals surface area contributed by atoms with Gasteiger partial charge in [0.2, 0.25) is 0 Å². The normalized spacial score (nSPS) is 14.6. The Morgan fingerprint density at radius 1 is 1.22 bits per heavy atom. The van der Waals surface area contributed by atoms with Crippen molar-refractivity contribution >= 4 is 39.2 Å². The number of alkyl carbamates (subject to hydrolysis) is 1. The largest absolute Gasteiger partial charge is 0.477 e. The van der Waals surface area contributed by atoms with Gasteiger partial charge in [-0.1, -0.05) is 36.4 Å². The van der Waals surface area contributed by atoms with Crippen LogP contribution in [0.5, 0.6) is 0 Å². The van der Waals surface area contributed by atoms with Crippen molar-refractivity contribution < 1.29 is 24.2 Å². The van der Waals surface area contributed by atoms with Crippen molar-refractivity contribution in [2.75, 3.05) is 38.3 Å². The highest BCUT2D eigenvalue weighted by Gasteiger charge is 2.33. The highest BCUT2D eigenvalue weighted by molar-refractivity contribution is 7.18. The predicted octanol–water partition coefficient (Wildman–Crippen LogP) is 3.75. The fraction of sp³-hybridized carbons (Fsp3) is 0.261. The summed E-state index contributed by atoms with van der Waals surface area (Å²) in [5.41, 5.74) is 1.15. The van der Waals surface area contributed by atoms with Crippen molar-refractivity contribution in [2.45, 2.75) is 6.04 Å². The fourth-order valence-electron chi connectivity index (χ4n) is 3.85. The lowest BCUT2D eigenvalue weighted by Gasteiger charge is -2.28. The number of fused-ring (bicyclic) bond motifs is 1. The van der Waals surface area contributed by atoms with Crippen LogP contribution in [0.25, 0.3) is 10.8 Å². The average molecular weight is 452 g/mol. The van der Waals surface area contributed by atoms with Crippen LogP contribution in [0.1, 0.15) is 32.4 Å². The molecule has 8 nitrogen and oxygen atoms in total. The standard InChI is InChI=1S/C23H21N3O5S/c1-30-23(29)25-19(16-7-6-14-4-2-3-5-15(14)12-16)18-17(13-24)21(32-20(18)22(27)28)26-8-10-31-11-9-26/h2-7,12,19H,8-11H2,1H3,(H,25,29)(H,27,28). The molecule has 2 N–H and O–H groups in total. The lowest BCUT2D eigenvalue weighted by molar-refractivity contribution is 0.0700. The van der Waals surface area contributed by atoms with Gasteiger partial charge in [-0.3, -0.25) is 0 Å². The van der Waals surface area contributed by atoms with E-state index in [-0.39, 0.29) is 16.0 Å². The fourth-order valence-corrected chi connectivity index (χ4v) is 5.03. The molecule has 1 fully saturated rings. The number of methoxy groups -OCH3 is 1. The van der Waals surface area contributed by atoms with E-state index in [0.29, 0.717) is 36.9 Å². The van der Waals surface area contributed by atoms with E-state index in [4.69, 9.17) is 9.47 Å². The van der Waals surface area contributed by atoms with Crippen LogP contribution in [0.3, 0.4) is 0 Å². The van der Waals surface area contributed by atoms with Crippen LogP contribution < -0.4 is 10.2 Å². The number of amides is 1. The van der Waals surface area contributed by atoms with Gasteiger partial charge in [0.15, 0.2) is 0 Å². The van der Waals surface area contributed by atoms with Gasteiger partial charge in [-0.2, -0.15) is 5.26 Å². The van der Waals surface area contributed by atoms with E-state index < -0.39 is 18.1 Å². The second-order valence-electron chi connectivity index (χ2n) is 7.22. The molecule has 1 amide bonds. The number of nitriles is 1. The SMILES string of the molecule is COC(=O)NC(c1ccc2ccccc2c1)c1c(C(=O)O)sc(N2CCOCC2)c1C#N. The molecule has 4 rings (SSSR count). The minimum absolute atomic E-state index is 0.0117. The highest BCUT2D eigenvalue weighted by atomic mass is 32.1. The van der Waals surface area contributed by atoms with Crippen molar-refractivity contribution in [3.63, 3.8) is 0 Å². The number of ether oxygens (including phenoxy) is 2. The average Bonchev–Trinajstić information content (AvgIpc) is 3.22. The van der Waals surface area contributed by atoms with Crippen LogP contribution in [0, 0.1) is 11.3 Å². The van der Waals surface area contributed by atoms with Gasteiger partial charge in [-0.05, 0) is 22.4 Å². The summed E-state index contributed by atoms with van der Waals surface area (Å²) in [6, 6.07) is 14.6. The van der Waals surface area contributed by atoms with Gasteiger partial charge in [0.25, 0.3) is 0 Å². The number of morpholine rings is 1. The Bertz CT molecular complexity index is 1210. The number of nitrogens with one attached hydrogen (secondary N) is 1. The zero-order valence-electron chi connectivity index (χ0n) is 17.3. The van der Waals surface area contributed by atoms with Crippen LogP contribution >= 0.6 is 11.3 Å². The first-order valence-corrected chi connectivity index (χ1v) is 10.8. The number of carbonyl (C=O) groups is 2. The van der Waals surface area contributed by atoms with E-state index in [9.17, 15) is 20.0 Å². The Kier molecular flexibility index (Phi) is 6.25. The summed E-state index contributed by atoms with van der Waals surface area (Å²) in [5, 5.41) is 25.3. The van der Waals surface area contributed by atoms with Crippen LogP contribution in [0.4, 0.5) is 9.80 Å². The molecule has 2 aromatic carbocycles.